The van der Waals surface area contributed by atoms with Gasteiger partial charge in [-0.1, -0.05) is 24.0 Å². The molecule has 0 atom stereocenters. The van der Waals surface area contributed by atoms with Gasteiger partial charge in [-0.25, -0.2) is 0 Å². The van der Waals surface area contributed by atoms with Gasteiger partial charge in [-0.3, -0.25) is 4.79 Å². The predicted molar refractivity (Wildman–Crippen MR) is 79.2 cm³/mol. The summed E-state index contributed by atoms with van der Waals surface area (Å²) < 4.78 is 10.6. The van der Waals surface area contributed by atoms with Crippen molar-refractivity contribution < 1.29 is 14.3 Å². The fourth-order valence-corrected chi connectivity index (χ4v) is 1.56. The molecule has 0 heterocycles. The Hall–Kier alpha value is -1.86. The number of hydrogen-bond acceptors (Lipinski definition) is 3. The van der Waals surface area contributed by atoms with Crippen molar-refractivity contribution in [3.8, 4) is 23.3 Å². The van der Waals surface area contributed by atoms with E-state index >= 15 is 0 Å². The summed E-state index contributed by atoms with van der Waals surface area (Å²) in [7, 11) is 1.59. The minimum atomic E-state index is -0.0365. The van der Waals surface area contributed by atoms with Gasteiger partial charge in [-0.2, -0.15) is 0 Å². The van der Waals surface area contributed by atoms with Gasteiger partial charge in [0.25, 0.3) is 0 Å². The lowest BCUT2D eigenvalue weighted by atomic mass is 10.3. The van der Waals surface area contributed by atoms with Crippen LogP contribution in [0.1, 0.15) is 12.8 Å². The topological polar surface area (TPSA) is 47.6 Å². The lowest BCUT2D eigenvalue weighted by Crippen LogP contribution is -2.23. The van der Waals surface area contributed by atoms with Crippen LogP contribution in [-0.2, 0) is 4.79 Å². The highest BCUT2D eigenvalue weighted by Crippen LogP contribution is 2.25. The third-order valence-electron chi connectivity index (χ3n) is 2.41. The Labute approximate surface area is 124 Å². The molecule has 1 N–H and O–H groups in total. The van der Waals surface area contributed by atoms with E-state index in [2.05, 4.69) is 17.2 Å². The van der Waals surface area contributed by atoms with Gasteiger partial charge < -0.3 is 14.8 Å². The maximum absolute atomic E-state index is 11.3. The van der Waals surface area contributed by atoms with Gasteiger partial charge in [0.2, 0.25) is 5.91 Å². The predicted octanol–water partition coefficient (Wildman–Crippen LogP) is 2.21. The van der Waals surface area contributed by atoms with E-state index in [-0.39, 0.29) is 12.5 Å². The molecule has 0 radical (unpaired) electrons. The summed E-state index contributed by atoms with van der Waals surface area (Å²) in [5.41, 5.74) is 0. The van der Waals surface area contributed by atoms with Gasteiger partial charge in [0.05, 0.1) is 13.7 Å². The van der Waals surface area contributed by atoms with E-state index in [1.165, 1.54) is 0 Å². The number of hydrogen-bond donors (Lipinski definition) is 1. The largest absolute Gasteiger partial charge is 0.493 e. The number of halogens is 1. The molecule has 1 rings (SSSR count). The highest BCUT2D eigenvalue weighted by molar-refractivity contribution is 6.17. The molecule has 0 spiro atoms. The number of carbonyl (C=O) groups excluding carboxylic acids is 1. The lowest BCUT2D eigenvalue weighted by Gasteiger charge is -2.07. The number of amides is 1. The number of alkyl halides is 1. The molecule has 1 aromatic rings. The van der Waals surface area contributed by atoms with Crippen LogP contribution >= 0.6 is 11.6 Å². The number of rotatable bonds is 7. The van der Waals surface area contributed by atoms with Crippen molar-refractivity contribution in [3.63, 3.8) is 0 Å². The van der Waals surface area contributed by atoms with Gasteiger partial charge >= 0.3 is 0 Å². The molecule has 4 nitrogen and oxygen atoms in total. The van der Waals surface area contributed by atoms with Gasteiger partial charge in [0.1, 0.15) is 6.61 Å². The van der Waals surface area contributed by atoms with Crippen LogP contribution in [0.4, 0.5) is 0 Å². The van der Waals surface area contributed by atoms with Crippen molar-refractivity contribution in [1.82, 2.24) is 5.32 Å². The summed E-state index contributed by atoms with van der Waals surface area (Å²) in [5, 5.41) is 2.69. The molecule has 0 aliphatic carbocycles. The van der Waals surface area contributed by atoms with E-state index in [0.717, 1.165) is 0 Å². The Balaban J connectivity index is 2.24. The molecule has 1 amide bonds. The minimum absolute atomic E-state index is 0.0365. The smallest absolute Gasteiger partial charge is 0.220 e. The first-order valence-electron chi connectivity index (χ1n) is 6.32. The Morgan fingerprint density at radius 2 is 2.05 bits per heavy atom. The van der Waals surface area contributed by atoms with Crippen molar-refractivity contribution in [2.24, 2.45) is 0 Å². The van der Waals surface area contributed by atoms with Crippen LogP contribution in [0, 0.1) is 11.8 Å². The molecule has 108 valence electrons. The normalized spacial score (nSPS) is 9.30. The summed E-state index contributed by atoms with van der Waals surface area (Å²) in [6.45, 7) is 0.564. The SMILES string of the molecule is COc1ccccc1OCC#CCNC(=O)CCCCl. The molecule has 5 heteroatoms. The van der Waals surface area contributed by atoms with Gasteiger partial charge in [-0.15, -0.1) is 11.6 Å². The van der Waals surface area contributed by atoms with Crippen LogP contribution in [0.5, 0.6) is 11.5 Å². The van der Waals surface area contributed by atoms with Gasteiger partial charge in [0.15, 0.2) is 11.5 Å². The van der Waals surface area contributed by atoms with E-state index in [1.807, 2.05) is 24.3 Å². The zero-order chi connectivity index (χ0) is 14.6. The first-order chi connectivity index (χ1) is 9.77. The molecule has 0 saturated carbocycles. The van der Waals surface area contributed by atoms with Crippen LogP contribution in [0.3, 0.4) is 0 Å². The van der Waals surface area contributed by atoms with Crippen molar-refractivity contribution in [3.05, 3.63) is 24.3 Å². The standard InChI is InChI=1S/C15H18ClNO3/c1-19-13-7-2-3-8-14(13)20-12-5-4-11-17-15(18)9-6-10-16/h2-3,7-8H,6,9-12H2,1H3,(H,17,18). The van der Waals surface area contributed by atoms with E-state index < -0.39 is 0 Å². The molecular weight excluding hydrogens is 278 g/mol. The maximum Gasteiger partial charge on any atom is 0.220 e. The maximum atomic E-state index is 11.3. The first kappa shape index (κ1) is 16.2. The highest BCUT2D eigenvalue weighted by Gasteiger charge is 2.00. The summed E-state index contributed by atoms with van der Waals surface area (Å²) in [4.78, 5) is 11.3. The van der Waals surface area contributed by atoms with Gasteiger partial charge in [-0.05, 0) is 18.6 Å². The van der Waals surface area contributed by atoms with Crippen LogP contribution < -0.4 is 14.8 Å². The Bertz CT molecular complexity index is 479. The number of benzene rings is 1. The van der Waals surface area contributed by atoms with Gasteiger partial charge in [0, 0.05) is 12.3 Å². The number of ether oxygens (including phenoxy) is 2. The van der Waals surface area contributed by atoms with Crippen molar-refractivity contribution in [2.45, 2.75) is 12.8 Å². The third-order valence-corrected chi connectivity index (χ3v) is 2.67. The van der Waals surface area contributed by atoms with E-state index in [4.69, 9.17) is 21.1 Å². The molecule has 0 aliphatic heterocycles. The molecule has 0 unspecified atom stereocenters. The second-order valence-electron chi connectivity index (χ2n) is 3.86. The van der Waals surface area contributed by atoms with Crippen molar-refractivity contribution in [1.29, 1.82) is 0 Å². The van der Waals surface area contributed by atoms with Crippen LogP contribution in [0.25, 0.3) is 0 Å². The fourth-order valence-electron chi connectivity index (χ4n) is 1.42. The van der Waals surface area contributed by atoms with E-state index in [9.17, 15) is 4.79 Å². The molecule has 0 aromatic heterocycles. The second-order valence-corrected chi connectivity index (χ2v) is 4.24. The lowest BCUT2D eigenvalue weighted by molar-refractivity contribution is -0.120. The number of nitrogens with one attached hydrogen (secondary N) is 1. The molecule has 0 fully saturated rings. The number of methoxy groups -OCH3 is 1. The average molecular weight is 296 g/mol. The molecule has 20 heavy (non-hydrogen) atoms. The van der Waals surface area contributed by atoms with Crippen LogP contribution in [0.2, 0.25) is 0 Å². The average Bonchev–Trinajstić information content (AvgIpc) is 2.49. The van der Waals surface area contributed by atoms with Crippen molar-refractivity contribution in [2.75, 3.05) is 26.1 Å². The molecule has 0 bridgehead atoms. The quantitative estimate of drug-likeness (QED) is 0.620. The second kappa shape index (κ2) is 9.99. The Morgan fingerprint density at radius 3 is 2.75 bits per heavy atom. The highest BCUT2D eigenvalue weighted by atomic mass is 35.5. The summed E-state index contributed by atoms with van der Waals surface area (Å²) in [6, 6.07) is 7.37. The summed E-state index contributed by atoms with van der Waals surface area (Å²) in [5.74, 6) is 7.42. The van der Waals surface area contributed by atoms with E-state index in [1.54, 1.807) is 7.11 Å². The fraction of sp³-hybridized carbons (Fsp3) is 0.400. The number of para-hydroxylation sites is 2. The summed E-state index contributed by atoms with van der Waals surface area (Å²) in [6.07, 6.45) is 1.11. The zero-order valence-electron chi connectivity index (χ0n) is 11.4. The molecule has 0 saturated heterocycles. The molecule has 0 aliphatic rings. The van der Waals surface area contributed by atoms with Crippen LogP contribution in [0.15, 0.2) is 24.3 Å². The summed E-state index contributed by atoms with van der Waals surface area (Å²) >= 11 is 5.50. The Morgan fingerprint density at radius 1 is 1.30 bits per heavy atom. The van der Waals surface area contributed by atoms with Crippen molar-refractivity contribution >= 4 is 17.5 Å². The Kier molecular flexibility index (Phi) is 8.09. The zero-order valence-corrected chi connectivity index (χ0v) is 12.2. The molecular formula is C15H18ClNO3. The monoisotopic (exact) mass is 295 g/mol. The third kappa shape index (κ3) is 6.35. The van der Waals surface area contributed by atoms with E-state index in [0.29, 0.717) is 36.8 Å². The minimum Gasteiger partial charge on any atom is -0.493 e. The number of carbonyl (C=O) groups is 1. The van der Waals surface area contributed by atoms with Crippen LogP contribution in [-0.4, -0.2) is 32.0 Å². The molecule has 1 aromatic carbocycles. The first-order valence-corrected chi connectivity index (χ1v) is 6.85.